The third kappa shape index (κ3) is 7.55. The van der Waals surface area contributed by atoms with Crippen LogP contribution in [0, 0.1) is 6.92 Å². The zero-order valence-electron chi connectivity index (χ0n) is 19.1. The molecule has 1 aromatic carbocycles. The van der Waals surface area contributed by atoms with E-state index in [1.54, 1.807) is 12.1 Å². The third-order valence-corrected chi connectivity index (χ3v) is 4.33. The Hall–Kier alpha value is -2.22. The number of benzene rings is 1. The van der Waals surface area contributed by atoms with Gasteiger partial charge in [-0.05, 0) is 53.7 Å². The van der Waals surface area contributed by atoms with Gasteiger partial charge < -0.3 is 15.4 Å². The highest BCUT2D eigenvalue weighted by Crippen LogP contribution is 2.23. The lowest BCUT2D eigenvalue weighted by atomic mass is 10.1. The number of rotatable bonds is 6. The number of para-hydroxylation sites is 1. The Morgan fingerprint density at radius 2 is 1.73 bits per heavy atom. The second kappa shape index (κ2) is 10.7. The van der Waals surface area contributed by atoms with Gasteiger partial charge in [-0.15, -0.1) is 0 Å². The number of carbonyl (C=O) groups is 2. The molecule has 2 rings (SSSR count). The minimum atomic E-state index is -0.555. The molecule has 7 nitrogen and oxygen atoms in total. The van der Waals surface area contributed by atoms with Gasteiger partial charge in [-0.2, -0.15) is 0 Å². The molecule has 1 amide bonds. The lowest BCUT2D eigenvalue weighted by Crippen LogP contribution is -2.45. The lowest BCUT2D eigenvalue weighted by molar-refractivity contribution is 0.0519. The van der Waals surface area contributed by atoms with Crippen LogP contribution in [0.4, 0.5) is 10.6 Å². The number of amides is 1. The van der Waals surface area contributed by atoms with Crippen molar-refractivity contribution in [1.82, 2.24) is 15.3 Å². The maximum atomic E-state index is 12.2. The maximum absolute atomic E-state index is 12.2. The number of ketones is 1. The summed E-state index contributed by atoms with van der Waals surface area (Å²) in [5.41, 5.74) is 1.38. The number of anilines is 1. The quantitative estimate of drug-likeness (QED) is 0.432. The van der Waals surface area contributed by atoms with Crippen LogP contribution in [0.25, 0.3) is 11.0 Å². The highest BCUT2D eigenvalue weighted by Gasteiger charge is 2.23. The second-order valence-electron chi connectivity index (χ2n) is 8.25. The largest absolute Gasteiger partial charge is 0.444 e. The molecule has 0 bridgehead atoms. The first-order valence-electron chi connectivity index (χ1n) is 10.0. The third-order valence-electron chi connectivity index (χ3n) is 3.82. The van der Waals surface area contributed by atoms with Gasteiger partial charge in [0.25, 0.3) is 0 Å². The fourth-order valence-corrected chi connectivity index (χ4v) is 2.85. The van der Waals surface area contributed by atoms with Crippen molar-refractivity contribution in [3.05, 3.63) is 29.5 Å². The van der Waals surface area contributed by atoms with E-state index in [2.05, 4.69) is 36.5 Å². The summed E-state index contributed by atoms with van der Waals surface area (Å²) in [5, 5.41) is 6.30. The lowest BCUT2D eigenvalue weighted by Gasteiger charge is -2.29. The summed E-state index contributed by atoms with van der Waals surface area (Å²) in [5.74, 6) is 0.513. The van der Waals surface area contributed by atoms with Crippen LogP contribution >= 0.6 is 15.9 Å². The van der Waals surface area contributed by atoms with E-state index in [1.165, 1.54) is 0 Å². The number of aromatic nitrogens is 2. The van der Waals surface area contributed by atoms with Crippen LogP contribution in [0.3, 0.4) is 0 Å². The van der Waals surface area contributed by atoms with Gasteiger partial charge in [-0.1, -0.05) is 35.8 Å². The fourth-order valence-electron chi connectivity index (χ4n) is 2.55. The number of nitrogens with zero attached hydrogens (tertiary/aromatic N) is 2. The first-order chi connectivity index (χ1) is 13.9. The van der Waals surface area contributed by atoms with Crippen LogP contribution in [0.1, 0.15) is 64.5 Å². The number of fused-ring (bicyclic) bond motifs is 1. The Kier molecular flexibility index (Phi) is 9.21. The van der Waals surface area contributed by atoms with Crippen LogP contribution in [-0.4, -0.2) is 44.9 Å². The van der Waals surface area contributed by atoms with Crippen LogP contribution in [-0.2, 0) is 4.74 Å². The average molecular weight is 481 g/mol. The predicted molar refractivity (Wildman–Crippen MR) is 126 cm³/mol. The summed E-state index contributed by atoms with van der Waals surface area (Å²) in [6, 6.07) is 5.38. The zero-order valence-corrected chi connectivity index (χ0v) is 20.7. The van der Waals surface area contributed by atoms with Gasteiger partial charge in [0, 0.05) is 12.1 Å². The van der Waals surface area contributed by atoms with E-state index in [0.717, 1.165) is 0 Å². The monoisotopic (exact) mass is 480 g/mol. The van der Waals surface area contributed by atoms with Gasteiger partial charge in [0.1, 0.15) is 16.9 Å². The predicted octanol–water partition coefficient (Wildman–Crippen LogP) is 5.26. The molecule has 0 aliphatic carbocycles. The van der Waals surface area contributed by atoms with Crippen molar-refractivity contribution in [2.45, 2.75) is 66.5 Å². The van der Waals surface area contributed by atoms with Crippen molar-refractivity contribution in [1.29, 1.82) is 0 Å². The van der Waals surface area contributed by atoms with Crippen molar-refractivity contribution in [2.75, 3.05) is 17.2 Å². The standard InChI is InChI=1S/C20H27BrN4O3.C2H6/c1-12-17(25-20(5,6)11-22-18(27)28-19(2,3)4)24-16-13(15(26)10-21)8-7-9-14(16)23-12;1-2/h7-9H,10-11H2,1-6H3,(H,22,27)(H,24,25);1-2H3. The Balaban J connectivity index is 0.00000218. The molecule has 0 saturated heterocycles. The number of Topliss-reactive ketones (excluding diaryl/α,β-unsaturated/α-hetero) is 1. The maximum Gasteiger partial charge on any atom is 0.407 e. The van der Waals surface area contributed by atoms with Crippen LogP contribution < -0.4 is 10.6 Å². The SMILES string of the molecule is CC.Cc1nc2cccc(C(=O)CBr)c2nc1NC(C)(C)CNC(=O)OC(C)(C)C. The van der Waals surface area contributed by atoms with Crippen molar-refractivity contribution in [3.63, 3.8) is 0 Å². The zero-order chi connectivity index (χ0) is 23.1. The molecular weight excluding hydrogens is 448 g/mol. The number of ether oxygens (including phenoxy) is 1. The molecule has 0 unspecified atom stereocenters. The molecule has 0 aliphatic rings. The summed E-state index contributed by atoms with van der Waals surface area (Å²) < 4.78 is 5.27. The number of nitrogens with one attached hydrogen (secondary N) is 2. The Labute approximate surface area is 187 Å². The summed E-state index contributed by atoms with van der Waals surface area (Å²) in [7, 11) is 0. The fraction of sp³-hybridized carbons (Fsp3) is 0.545. The Morgan fingerprint density at radius 1 is 1.10 bits per heavy atom. The molecule has 0 spiro atoms. The number of aryl methyl sites for hydroxylation is 1. The number of carbonyl (C=O) groups excluding carboxylic acids is 2. The number of hydrogen-bond donors (Lipinski definition) is 2. The van der Waals surface area contributed by atoms with Gasteiger partial charge >= 0.3 is 6.09 Å². The van der Waals surface area contributed by atoms with E-state index < -0.39 is 17.2 Å². The number of alkyl carbamates (subject to hydrolysis) is 1. The molecule has 0 saturated carbocycles. The van der Waals surface area contributed by atoms with Gasteiger partial charge in [-0.3, -0.25) is 4.79 Å². The molecule has 0 aliphatic heterocycles. The summed E-state index contributed by atoms with van der Waals surface area (Å²) >= 11 is 3.21. The van der Waals surface area contributed by atoms with Crippen LogP contribution in [0.5, 0.6) is 0 Å². The summed E-state index contributed by atoms with van der Waals surface area (Å²) in [6.45, 7) is 15.5. The van der Waals surface area contributed by atoms with Crippen molar-refractivity contribution in [3.8, 4) is 0 Å². The molecule has 8 heteroatoms. The molecule has 2 aromatic rings. The molecule has 166 valence electrons. The van der Waals surface area contributed by atoms with E-state index in [4.69, 9.17) is 4.74 Å². The van der Waals surface area contributed by atoms with Crippen molar-refractivity contribution < 1.29 is 14.3 Å². The molecule has 1 heterocycles. The van der Waals surface area contributed by atoms with E-state index >= 15 is 0 Å². The first-order valence-corrected chi connectivity index (χ1v) is 11.2. The van der Waals surface area contributed by atoms with Gasteiger partial charge in [0.15, 0.2) is 5.78 Å². The molecule has 1 aromatic heterocycles. The first kappa shape index (κ1) is 25.8. The molecule has 30 heavy (non-hydrogen) atoms. The van der Waals surface area contributed by atoms with Gasteiger partial charge in [0.2, 0.25) is 0 Å². The second-order valence-corrected chi connectivity index (χ2v) is 8.81. The topological polar surface area (TPSA) is 93.2 Å². The summed E-state index contributed by atoms with van der Waals surface area (Å²) in [6.07, 6.45) is -0.478. The smallest absolute Gasteiger partial charge is 0.407 e. The minimum absolute atomic E-state index is 0.0550. The average Bonchev–Trinajstić information content (AvgIpc) is 2.66. The van der Waals surface area contributed by atoms with Crippen molar-refractivity contribution >= 4 is 44.7 Å². The Morgan fingerprint density at radius 3 is 2.30 bits per heavy atom. The molecular formula is C22H33BrN4O3. The minimum Gasteiger partial charge on any atom is -0.444 e. The van der Waals surface area contributed by atoms with Crippen LogP contribution in [0.2, 0.25) is 0 Å². The van der Waals surface area contributed by atoms with E-state index in [-0.39, 0.29) is 11.1 Å². The van der Waals surface area contributed by atoms with E-state index in [0.29, 0.717) is 34.7 Å². The molecule has 0 atom stereocenters. The Bertz CT molecular complexity index is 892. The molecule has 0 radical (unpaired) electrons. The number of alkyl halides is 1. The normalized spacial score (nSPS) is 11.4. The number of halogens is 1. The van der Waals surface area contributed by atoms with E-state index in [9.17, 15) is 9.59 Å². The summed E-state index contributed by atoms with van der Waals surface area (Å²) in [4.78, 5) is 33.4. The van der Waals surface area contributed by atoms with Gasteiger partial charge in [0.05, 0.1) is 22.1 Å². The molecule has 0 fully saturated rings. The highest BCUT2D eigenvalue weighted by molar-refractivity contribution is 9.09. The van der Waals surface area contributed by atoms with Crippen LogP contribution in [0.15, 0.2) is 18.2 Å². The van der Waals surface area contributed by atoms with Crippen molar-refractivity contribution in [2.24, 2.45) is 0 Å². The van der Waals surface area contributed by atoms with E-state index in [1.807, 2.05) is 61.5 Å². The van der Waals surface area contributed by atoms with Gasteiger partial charge in [-0.25, -0.2) is 14.8 Å². The molecule has 2 N–H and O–H groups in total. The highest BCUT2D eigenvalue weighted by atomic mass is 79.9. The number of hydrogen-bond acceptors (Lipinski definition) is 6.